The molecule has 0 atom stereocenters. The molecule has 2 rings (SSSR count). The molecule has 0 saturated carbocycles. The molecule has 0 aliphatic rings. The Morgan fingerprint density at radius 3 is 2.61 bits per heavy atom. The smallest absolute Gasteiger partial charge is 0.321 e. The van der Waals surface area contributed by atoms with Gasteiger partial charge >= 0.3 is 6.55 Å². The van der Waals surface area contributed by atoms with Gasteiger partial charge in [0.05, 0.1) is 24.2 Å². The molecule has 8 heteroatoms. The predicted molar refractivity (Wildman–Crippen MR) is 87.9 cm³/mol. The Morgan fingerprint density at radius 1 is 1.35 bits per heavy atom. The van der Waals surface area contributed by atoms with E-state index in [4.69, 9.17) is 12.2 Å². The number of aromatic nitrogens is 2. The van der Waals surface area contributed by atoms with E-state index in [1.165, 1.54) is 0 Å². The number of para-hydroxylation sites is 2. The first kappa shape index (κ1) is 17.6. The molecule has 1 amide bonds. The zero-order valence-corrected chi connectivity index (χ0v) is 13.9. The summed E-state index contributed by atoms with van der Waals surface area (Å²) in [6.45, 7) is 0.334. The molecule has 2 aromatic rings. The van der Waals surface area contributed by atoms with Gasteiger partial charge in [0.15, 0.2) is 4.77 Å². The first-order valence-electron chi connectivity index (χ1n) is 7.38. The van der Waals surface area contributed by atoms with Crippen molar-refractivity contribution in [2.75, 3.05) is 20.1 Å². The van der Waals surface area contributed by atoms with Crippen molar-refractivity contribution in [1.29, 1.82) is 0 Å². The molecule has 0 radical (unpaired) electrons. The summed E-state index contributed by atoms with van der Waals surface area (Å²) in [7, 11) is 1.75. The van der Waals surface area contributed by atoms with Crippen molar-refractivity contribution in [3.05, 3.63) is 29.0 Å². The van der Waals surface area contributed by atoms with Crippen molar-refractivity contribution < 1.29 is 13.6 Å². The number of amides is 1. The molecule has 1 heterocycles. The highest BCUT2D eigenvalue weighted by Crippen LogP contribution is 2.23. The number of nitrogens with one attached hydrogen (secondary N) is 1. The molecule has 1 aromatic heterocycles. The molecule has 0 bridgehead atoms. The van der Waals surface area contributed by atoms with E-state index in [2.05, 4.69) is 5.32 Å². The van der Waals surface area contributed by atoms with Crippen LogP contribution in [-0.2, 0) is 11.5 Å². The lowest BCUT2D eigenvalue weighted by molar-refractivity contribution is -0.122. The number of hydrogen-bond acceptors (Lipinski definition) is 3. The van der Waals surface area contributed by atoms with Crippen molar-refractivity contribution in [2.24, 2.45) is 0 Å². The van der Waals surface area contributed by atoms with Crippen LogP contribution in [0.5, 0.6) is 0 Å². The standard InChI is InChI=1S/C15H20F2N4OS/c1-3-8-18-13(22)9-19(2)10-20-11-6-4-5-7-12(11)21(14(16)17)15(20)23/h4-7,14H,3,8-10H2,1-2H3,(H,18,22). The molecule has 126 valence electrons. The zero-order chi connectivity index (χ0) is 17.0. The second-order valence-electron chi connectivity index (χ2n) is 5.35. The Labute approximate surface area is 138 Å². The third-order valence-corrected chi connectivity index (χ3v) is 3.85. The summed E-state index contributed by atoms with van der Waals surface area (Å²) in [5.74, 6) is -0.0986. The maximum atomic E-state index is 13.3. The van der Waals surface area contributed by atoms with Gasteiger partial charge in [-0.15, -0.1) is 0 Å². The van der Waals surface area contributed by atoms with E-state index < -0.39 is 6.55 Å². The summed E-state index contributed by atoms with van der Waals surface area (Å²) in [6.07, 6.45) is 0.863. The van der Waals surface area contributed by atoms with Gasteiger partial charge in [0.25, 0.3) is 0 Å². The van der Waals surface area contributed by atoms with E-state index in [1.807, 2.05) is 6.92 Å². The lowest BCUT2D eigenvalue weighted by atomic mass is 10.3. The largest absolute Gasteiger partial charge is 0.355 e. The van der Waals surface area contributed by atoms with Crippen LogP contribution in [0.25, 0.3) is 11.0 Å². The highest BCUT2D eigenvalue weighted by Gasteiger charge is 2.17. The fraction of sp³-hybridized carbons (Fsp3) is 0.467. The number of halogens is 2. The Bertz CT molecular complexity index is 741. The van der Waals surface area contributed by atoms with E-state index >= 15 is 0 Å². The first-order valence-corrected chi connectivity index (χ1v) is 7.79. The molecular formula is C15H20F2N4OS. The molecule has 0 unspecified atom stereocenters. The number of carbonyl (C=O) groups excluding carboxylic acids is 1. The molecule has 5 nitrogen and oxygen atoms in total. The second-order valence-corrected chi connectivity index (χ2v) is 5.72. The van der Waals surface area contributed by atoms with E-state index in [0.717, 1.165) is 11.0 Å². The van der Waals surface area contributed by atoms with Gasteiger partial charge in [-0.1, -0.05) is 19.1 Å². The van der Waals surface area contributed by atoms with Crippen LogP contribution >= 0.6 is 12.2 Å². The summed E-state index contributed by atoms with van der Waals surface area (Å²) in [4.78, 5) is 13.5. The lowest BCUT2D eigenvalue weighted by Gasteiger charge is -2.17. The first-order chi connectivity index (χ1) is 11.0. The van der Waals surface area contributed by atoms with Gasteiger partial charge in [-0.25, -0.2) is 0 Å². The monoisotopic (exact) mass is 342 g/mol. The van der Waals surface area contributed by atoms with Gasteiger partial charge in [-0.2, -0.15) is 8.78 Å². The summed E-state index contributed by atoms with van der Waals surface area (Å²) >= 11 is 5.19. The Morgan fingerprint density at radius 2 is 2.00 bits per heavy atom. The van der Waals surface area contributed by atoms with Crippen LogP contribution in [0, 0.1) is 4.77 Å². The molecule has 0 spiro atoms. The average Bonchev–Trinajstić information content (AvgIpc) is 2.77. The fourth-order valence-electron chi connectivity index (χ4n) is 2.41. The Kier molecular flexibility index (Phi) is 5.84. The molecule has 1 N–H and O–H groups in total. The molecule has 0 aliphatic carbocycles. The third-order valence-electron chi connectivity index (χ3n) is 3.43. The van der Waals surface area contributed by atoms with Gasteiger partial charge in [0.2, 0.25) is 5.91 Å². The van der Waals surface area contributed by atoms with Crippen molar-refractivity contribution >= 4 is 29.2 Å². The van der Waals surface area contributed by atoms with Crippen LogP contribution in [0.1, 0.15) is 19.9 Å². The molecule has 23 heavy (non-hydrogen) atoms. The van der Waals surface area contributed by atoms with Gasteiger partial charge in [-0.3, -0.25) is 14.3 Å². The second kappa shape index (κ2) is 7.65. The number of alkyl halides is 2. The molecular weight excluding hydrogens is 322 g/mol. The molecule has 0 fully saturated rings. The summed E-state index contributed by atoms with van der Waals surface area (Å²) in [6, 6.07) is 6.83. The van der Waals surface area contributed by atoms with Crippen molar-refractivity contribution in [3.8, 4) is 0 Å². The number of imidazole rings is 1. The van der Waals surface area contributed by atoms with E-state index in [0.29, 0.717) is 17.6 Å². The maximum Gasteiger partial charge on any atom is 0.321 e. The quantitative estimate of drug-likeness (QED) is 0.787. The normalized spacial score (nSPS) is 11.6. The van der Waals surface area contributed by atoms with Crippen LogP contribution in [0.15, 0.2) is 24.3 Å². The molecule has 0 aliphatic heterocycles. The highest BCUT2D eigenvalue weighted by atomic mass is 32.1. The zero-order valence-electron chi connectivity index (χ0n) is 13.1. The van der Waals surface area contributed by atoms with E-state index in [-0.39, 0.29) is 23.9 Å². The summed E-state index contributed by atoms with van der Waals surface area (Å²) < 4.78 is 29.0. The number of rotatable bonds is 7. The minimum absolute atomic E-state index is 0.0435. The van der Waals surface area contributed by atoms with Gasteiger partial charge in [-0.05, 0) is 37.8 Å². The van der Waals surface area contributed by atoms with Crippen LogP contribution in [0.3, 0.4) is 0 Å². The van der Waals surface area contributed by atoms with Crippen LogP contribution in [-0.4, -0.2) is 40.1 Å². The van der Waals surface area contributed by atoms with E-state index in [9.17, 15) is 13.6 Å². The highest BCUT2D eigenvalue weighted by molar-refractivity contribution is 7.71. The average molecular weight is 342 g/mol. The topological polar surface area (TPSA) is 42.2 Å². The number of benzene rings is 1. The van der Waals surface area contributed by atoms with Crippen LogP contribution in [0.4, 0.5) is 8.78 Å². The van der Waals surface area contributed by atoms with Crippen molar-refractivity contribution in [1.82, 2.24) is 19.4 Å². The Hall–Kier alpha value is -1.80. The third kappa shape index (κ3) is 3.94. The number of likely N-dealkylation sites (N-methyl/N-ethyl adjacent to an activating group) is 1. The van der Waals surface area contributed by atoms with Gasteiger partial charge in [0, 0.05) is 6.54 Å². The van der Waals surface area contributed by atoms with Gasteiger partial charge in [0.1, 0.15) is 0 Å². The molecule has 0 saturated heterocycles. The SMILES string of the molecule is CCCNC(=O)CN(C)Cn1c(=S)n(C(F)F)c2ccccc21. The molecule has 1 aromatic carbocycles. The minimum Gasteiger partial charge on any atom is -0.355 e. The number of fused-ring (bicyclic) bond motifs is 1. The maximum absolute atomic E-state index is 13.3. The van der Waals surface area contributed by atoms with Crippen molar-refractivity contribution in [2.45, 2.75) is 26.6 Å². The van der Waals surface area contributed by atoms with Crippen LogP contribution < -0.4 is 5.32 Å². The number of carbonyl (C=O) groups is 1. The predicted octanol–water partition coefficient (Wildman–Crippen LogP) is 2.98. The van der Waals surface area contributed by atoms with Gasteiger partial charge < -0.3 is 9.88 Å². The fourth-order valence-corrected chi connectivity index (χ4v) is 2.75. The summed E-state index contributed by atoms with van der Waals surface area (Å²) in [5, 5.41) is 2.78. The van der Waals surface area contributed by atoms with Crippen LogP contribution in [0.2, 0.25) is 0 Å². The minimum atomic E-state index is -2.70. The number of hydrogen-bond donors (Lipinski definition) is 1. The lowest BCUT2D eigenvalue weighted by Crippen LogP contribution is -2.36. The Balaban J connectivity index is 2.25. The van der Waals surface area contributed by atoms with E-state index in [1.54, 1.807) is 40.8 Å². The summed E-state index contributed by atoms with van der Waals surface area (Å²) in [5.41, 5.74) is 1.01. The number of nitrogens with zero attached hydrogens (tertiary/aromatic N) is 3. The van der Waals surface area contributed by atoms with Crippen molar-refractivity contribution in [3.63, 3.8) is 0 Å².